The number of benzene rings is 1. The lowest BCUT2D eigenvalue weighted by atomic mass is 10.1. The molecule has 6 heteroatoms. The molecule has 3 nitrogen and oxygen atoms in total. The van der Waals surface area contributed by atoms with Crippen molar-refractivity contribution < 1.29 is 9.53 Å². The Balaban J connectivity index is 1.86. The monoisotopic (exact) mass is 429 g/mol. The van der Waals surface area contributed by atoms with Crippen molar-refractivity contribution >= 4 is 45.9 Å². The molecule has 0 aliphatic carbocycles. The minimum Gasteiger partial charge on any atom is -0.466 e. The zero-order chi connectivity index (χ0) is 19.7. The summed E-state index contributed by atoms with van der Waals surface area (Å²) in [5, 5.41) is 4.04. The maximum absolute atomic E-state index is 11.2. The second-order valence-electron chi connectivity index (χ2n) is 6.50. The molecule has 0 amide bonds. The number of hydrogen-bond acceptors (Lipinski definition) is 4. The highest BCUT2D eigenvalue weighted by Gasteiger charge is 2.01. The van der Waals surface area contributed by atoms with Gasteiger partial charge in [-0.25, -0.2) is 0 Å². The predicted octanol–water partition coefficient (Wildman–Crippen LogP) is 6.52. The average Bonchev–Trinajstić information content (AvgIpc) is 2.66. The van der Waals surface area contributed by atoms with Gasteiger partial charge in [0.25, 0.3) is 0 Å². The van der Waals surface area contributed by atoms with Gasteiger partial charge in [-0.15, -0.1) is 0 Å². The minimum absolute atomic E-state index is 0.0597. The standard InChI is InChI=1S/C21H32ClNO2S2/c1-2-25-20(24)11-9-7-5-3-4-6-8-10-16-27-21(26)23-17-18-12-14-19(22)15-13-18/h12-15H,2-11,16-17H2,1H3,(H,23,26). The number of halogens is 1. The van der Waals surface area contributed by atoms with E-state index in [1.165, 1.54) is 44.1 Å². The third-order valence-corrected chi connectivity index (χ3v) is 5.81. The molecule has 0 bridgehead atoms. The van der Waals surface area contributed by atoms with Gasteiger partial charge in [0.15, 0.2) is 0 Å². The summed E-state index contributed by atoms with van der Waals surface area (Å²) in [7, 11) is 0. The largest absolute Gasteiger partial charge is 0.466 e. The molecule has 1 rings (SSSR count). The molecule has 0 saturated heterocycles. The van der Waals surface area contributed by atoms with Crippen LogP contribution in [0.4, 0.5) is 0 Å². The molecule has 0 fully saturated rings. The first-order valence-corrected chi connectivity index (χ1v) is 11.7. The molecule has 0 unspecified atom stereocenters. The number of thioether (sulfide) groups is 1. The highest BCUT2D eigenvalue weighted by atomic mass is 35.5. The summed E-state index contributed by atoms with van der Waals surface area (Å²) >= 11 is 13.0. The van der Waals surface area contributed by atoms with Crippen molar-refractivity contribution in [2.45, 2.75) is 71.3 Å². The van der Waals surface area contributed by atoms with E-state index in [9.17, 15) is 4.79 Å². The highest BCUT2D eigenvalue weighted by molar-refractivity contribution is 8.22. The van der Waals surface area contributed by atoms with Crippen LogP contribution in [0.5, 0.6) is 0 Å². The third kappa shape index (κ3) is 14.0. The van der Waals surface area contributed by atoms with Gasteiger partial charge in [0.1, 0.15) is 4.32 Å². The maximum Gasteiger partial charge on any atom is 0.305 e. The number of rotatable bonds is 14. The smallest absolute Gasteiger partial charge is 0.305 e. The van der Waals surface area contributed by atoms with Crippen molar-refractivity contribution in [1.82, 2.24) is 5.32 Å². The van der Waals surface area contributed by atoms with Gasteiger partial charge in [-0.2, -0.15) is 0 Å². The molecule has 0 radical (unpaired) electrons. The van der Waals surface area contributed by atoms with Crippen LogP contribution in [0.1, 0.15) is 70.3 Å². The molecule has 0 aliphatic heterocycles. The number of esters is 1. The van der Waals surface area contributed by atoms with E-state index in [-0.39, 0.29) is 5.97 Å². The molecule has 152 valence electrons. The van der Waals surface area contributed by atoms with E-state index in [2.05, 4.69) is 5.32 Å². The molecule has 1 aromatic carbocycles. The molecule has 0 spiro atoms. The second kappa shape index (κ2) is 16.2. The number of carbonyl (C=O) groups is 1. The van der Waals surface area contributed by atoms with Gasteiger partial charge >= 0.3 is 5.97 Å². The van der Waals surface area contributed by atoms with Crippen molar-refractivity contribution in [2.24, 2.45) is 0 Å². The van der Waals surface area contributed by atoms with Crippen LogP contribution in [0.2, 0.25) is 5.02 Å². The van der Waals surface area contributed by atoms with E-state index in [4.69, 9.17) is 28.6 Å². The molecule has 1 N–H and O–H groups in total. The van der Waals surface area contributed by atoms with Crippen LogP contribution >= 0.6 is 35.6 Å². The van der Waals surface area contributed by atoms with E-state index in [0.717, 1.165) is 34.5 Å². The number of hydrogen-bond donors (Lipinski definition) is 1. The molecular formula is C21H32ClNO2S2. The van der Waals surface area contributed by atoms with Gasteiger partial charge in [-0.1, -0.05) is 86.2 Å². The Morgan fingerprint density at radius 3 is 2.26 bits per heavy atom. The normalized spacial score (nSPS) is 10.6. The van der Waals surface area contributed by atoms with E-state index in [1.54, 1.807) is 11.8 Å². The molecule has 0 aromatic heterocycles. The lowest BCUT2D eigenvalue weighted by Crippen LogP contribution is -2.17. The van der Waals surface area contributed by atoms with Gasteiger partial charge in [0.2, 0.25) is 0 Å². The molecule has 0 saturated carbocycles. The Kier molecular flexibility index (Phi) is 14.6. The van der Waals surface area contributed by atoms with E-state index >= 15 is 0 Å². The third-order valence-electron chi connectivity index (χ3n) is 4.16. The van der Waals surface area contributed by atoms with Crippen molar-refractivity contribution in [1.29, 1.82) is 0 Å². The second-order valence-corrected chi connectivity index (χ2v) is 8.71. The summed E-state index contributed by atoms with van der Waals surface area (Å²) in [5.41, 5.74) is 1.18. The Morgan fingerprint density at radius 2 is 1.63 bits per heavy atom. The van der Waals surface area contributed by atoms with Gasteiger partial charge in [-0.3, -0.25) is 4.79 Å². The summed E-state index contributed by atoms with van der Waals surface area (Å²) in [6.45, 7) is 3.08. The van der Waals surface area contributed by atoms with Crippen molar-refractivity contribution in [3.8, 4) is 0 Å². The summed E-state index contributed by atoms with van der Waals surface area (Å²) in [6.07, 6.45) is 10.2. The zero-order valence-corrected chi connectivity index (χ0v) is 18.7. The molecule has 27 heavy (non-hydrogen) atoms. The Hall–Kier alpha value is -0.780. The van der Waals surface area contributed by atoms with Crippen LogP contribution in [-0.4, -0.2) is 22.6 Å². The highest BCUT2D eigenvalue weighted by Crippen LogP contribution is 2.13. The van der Waals surface area contributed by atoms with Crippen LogP contribution in [0.25, 0.3) is 0 Å². The van der Waals surface area contributed by atoms with Crippen molar-refractivity contribution in [3.63, 3.8) is 0 Å². The quantitative estimate of drug-likeness (QED) is 0.207. The molecule has 0 heterocycles. The molecule has 1 aromatic rings. The van der Waals surface area contributed by atoms with Gasteiger partial charge < -0.3 is 10.1 Å². The van der Waals surface area contributed by atoms with Crippen molar-refractivity contribution in [3.05, 3.63) is 34.9 Å². The summed E-state index contributed by atoms with van der Waals surface area (Å²) in [5.74, 6) is 1.02. The topological polar surface area (TPSA) is 38.3 Å². The average molecular weight is 430 g/mol. The molecular weight excluding hydrogens is 398 g/mol. The number of unbranched alkanes of at least 4 members (excludes halogenated alkanes) is 7. The van der Waals surface area contributed by atoms with Crippen LogP contribution < -0.4 is 5.32 Å². The van der Waals surface area contributed by atoms with E-state index in [0.29, 0.717) is 13.0 Å². The summed E-state index contributed by atoms with van der Waals surface area (Å²) in [4.78, 5) is 11.2. The number of thiocarbonyl (C=S) groups is 1. The van der Waals surface area contributed by atoms with E-state index < -0.39 is 0 Å². The van der Waals surface area contributed by atoms with Crippen LogP contribution in [-0.2, 0) is 16.1 Å². The SMILES string of the molecule is CCOC(=O)CCCCCCCCCCSC(=S)NCc1ccc(Cl)cc1. The van der Waals surface area contributed by atoms with Gasteiger partial charge in [-0.05, 0) is 37.5 Å². The van der Waals surface area contributed by atoms with E-state index in [1.807, 2.05) is 31.2 Å². The Morgan fingerprint density at radius 1 is 1.04 bits per heavy atom. The zero-order valence-electron chi connectivity index (χ0n) is 16.3. The Bertz CT molecular complexity index is 537. The van der Waals surface area contributed by atoms with Crippen LogP contribution in [0, 0.1) is 0 Å². The van der Waals surface area contributed by atoms with Gasteiger partial charge in [0.05, 0.1) is 6.61 Å². The lowest BCUT2D eigenvalue weighted by Gasteiger charge is -2.08. The fourth-order valence-electron chi connectivity index (χ4n) is 2.66. The first kappa shape index (κ1) is 24.3. The molecule has 0 aliphatic rings. The Labute approximate surface area is 179 Å². The van der Waals surface area contributed by atoms with Crippen LogP contribution in [0.3, 0.4) is 0 Å². The van der Waals surface area contributed by atoms with Crippen LogP contribution in [0.15, 0.2) is 24.3 Å². The van der Waals surface area contributed by atoms with Gasteiger partial charge in [0, 0.05) is 23.7 Å². The number of nitrogens with one attached hydrogen (secondary N) is 1. The minimum atomic E-state index is -0.0597. The maximum atomic E-state index is 11.2. The predicted molar refractivity (Wildman–Crippen MR) is 122 cm³/mol. The summed E-state index contributed by atoms with van der Waals surface area (Å²) < 4.78 is 5.79. The lowest BCUT2D eigenvalue weighted by molar-refractivity contribution is -0.143. The van der Waals surface area contributed by atoms with Crippen molar-refractivity contribution in [2.75, 3.05) is 12.4 Å². The first-order chi connectivity index (χ1) is 13.1. The number of carbonyl (C=O) groups excluding carboxylic acids is 1. The number of ether oxygens (including phenoxy) is 1. The summed E-state index contributed by atoms with van der Waals surface area (Å²) in [6, 6.07) is 7.82. The first-order valence-electron chi connectivity index (χ1n) is 9.92. The fourth-order valence-corrected chi connectivity index (χ4v) is 3.81. The molecule has 0 atom stereocenters. The fraction of sp³-hybridized carbons (Fsp3) is 0.619.